The number of aliphatic hydroxyl groups is 1. The largest absolute Gasteiger partial charge is 0.393 e. The lowest BCUT2D eigenvalue weighted by molar-refractivity contribution is 0.116. The van der Waals surface area contributed by atoms with Crippen molar-refractivity contribution in [2.45, 2.75) is 44.2 Å². The fourth-order valence-corrected chi connectivity index (χ4v) is 1.98. The third kappa shape index (κ3) is 4.94. The van der Waals surface area contributed by atoms with Gasteiger partial charge in [-0.15, -0.1) is 0 Å². The minimum absolute atomic E-state index is 0.0326. The molecule has 0 aromatic carbocycles. The van der Waals surface area contributed by atoms with E-state index in [1.807, 2.05) is 0 Å². The zero-order chi connectivity index (χ0) is 10.4. The van der Waals surface area contributed by atoms with Crippen LogP contribution in [0.4, 0.5) is 0 Å². The Labute approximate surface area is 87.5 Å². The molecule has 1 saturated carbocycles. The quantitative estimate of drug-likeness (QED) is 0.645. The first-order valence-electron chi connectivity index (χ1n) is 5.74. The smallest absolute Gasteiger partial charge is 0.0541 e. The van der Waals surface area contributed by atoms with Crippen molar-refractivity contribution in [1.29, 1.82) is 0 Å². The molecule has 1 fully saturated rings. The van der Waals surface area contributed by atoms with E-state index < -0.39 is 0 Å². The zero-order valence-electron chi connectivity index (χ0n) is 9.50. The summed E-state index contributed by atoms with van der Waals surface area (Å²) in [4.78, 5) is 2.21. The minimum Gasteiger partial charge on any atom is -0.393 e. The van der Waals surface area contributed by atoms with Gasteiger partial charge in [-0.05, 0) is 59.3 Å². The summed E-state index contributed by atoms with van der Waals surface area (Å²) in [6.45, 7) is 2.27. The number of nitrogens with zero attached hydrogens (tertiary/aromatic N) is 1. The highest BCUT2D eigenvalue weighted by Gasteiger charge is 2.18. The molecule has 1 aliphatic carbocycles. The predicted molar refractivity (Wildman–Crippen MR) is 59.4 cm³/mol. The summed E-state index contributed by atoms with van der Waals surface area (Å²) in [5.41, 5.74) is 0. The Kier molecular flexibility index (Phi) is 5.45. The van der Waals surface area contributed by atoms with Gasteiger partial charge in [0.1, 0.15) is 0 Å². The van der Waals surface area contributed by atoms with Crippen molar-refractivity contribution in [1.82, 2.24) is 10.2 Å². The van der Waals surface area contributed by atoms with Crippen LogP contribution in [0, 0.1) is 0 Å². The molecule has 14 heavy (non-hydrogen) atoms. The average molecular weight is 200 g/mol. The van der Waals surface area contributed by atoms with Gasteiger partial charge >= 0.3 is 0 Å². The average Bonchev–Trinajstić information content (AvgIpc) is 2.15. The van der Waals surface area contributed by atoms with Crippen molar-refractivity contribution in [3.8, 4) is 0 Å². The van der Waals surface area contributed by atoms with Gasteiger partial charge in [-0.3, -0.25) is 0 Å². The summed E-state index contributed by atoms with van der Waals surface area (Å²) in [6.07, 6.45) is 5.42. The number of hydrogen-bond acceptors (Lipinski definition) is 3. The molecule has 0 radical (unpaired) electrons. The van der Waals surface area contributed by atoms with Crippen LogP contribution in [0.15, 0.2) is 0 Å². The fraction of sp³-hybridized carbons (Fsp3) is 1.00. The summed E-state index contributed by atoms with van der Waals surface area (Å²) >= 11 is 0. The molecule has 0 aliphatic heterocycles. The maximum absolute atomic E-state index is 9.34. The van der Waals surface area contributed by atoms with Gasteiger partial charge in [0.05, 0.1) is 6.10 Å². The second-order valence-electron chi connectivity index (χ2n) is 4.62. The Hall–Kier alpha value is -0.120. The molecule has 0 amide bonds. The van der Waals surface area contributed by atoms with Crippen molar-refractivity contribution >= 4 is 0 Å². The van der Waals surface area contributed by atoms with E-state index in [1.165, 1.54) is 6.42 Å². The molecular formula is C11H24N2O. The van der Waals surface area contributed by atoms with Crippen LogP contribution in [0.2, 0.25) is 0 Å². The van der Waals surface area contributed by atoms with E-state index in [2.05, 4.69) is 24.3 Å². The van der Waals surface area contributed by atoms with Crippen molar-refractivity contribution in [3.05, 3.63) is 0 Å². The summed E-state index contributed by atoms with van der Waals surface area (Å²) in [6, 6.07) is 0.653. The third-order valence-electron chi connectivity index (χ3n) is 2.91. The second kappa shape index (κ2) is 6.38. The van der Waals surface area contributed by atoms with Crippen molar-refractivity contribution in [2.75, 3.05) is 27.2 Å². The molecule has 0 aromatic rings. The monoisotopic (exact) mass is 200 g/mol. The molecule has 0 saturated heterocycles. The van der Waals surface area contributed by atoms with E-state index in [4.69, 9.17) is 0 Å². The van der Waals surface area contributed by atoms with Gasteiger partial charge in [0.25, 0.3) is 0 Å². The first-order chi connectivity index (χ1) is 6.68. The highest BCUT2D eigenvalue weighted by Crippen LogP contribution is 2.17. The highest BCUT2D eigenvalue weighted by atomic mass is 16.3. The molecular weight excluding hydrogens is 176 g/mol. The van der Waals surface area contributed by atoms with Crippen LogP contribution >= 0.6 is 0 Å². The number of aliphatic hydroxyl groups excluding tert-OH is 1. The van der Waals surface area contributed by atoms with E-state index in [-0.39, 0.29) is 6.10 Å². The van der Waals surface area contributed by atoms with Crippen LogP contribution in [0.5, 0.6) is 0 Å². The van der Waals surface area contributed by atoms with Crippen molar-refractivity contribution in [3.63, 3.8) is 0 Å². The Morgan fingerprint density at radius 3 is 2.43 bits per heavy atom. The number of nitrogens with one attached hydrogen (secondary N) is 1. The van der Waals surface area contributed by atoms with E-state index in [0.29, 0.717) is 6.04 Å². The number of rotatable bonds is 5. The molecule has 0 spiro atoms. The molecule has 2 N–H and O–H groups in total. The second-order valence-corrected chi connectivity index (χ2v) is 4.62. The molecule has 0 bridgehead atoms. The fourth-order valence-electron chi connectivity index (χ4n) is 1.98. The Bertz CT molecular complexity index is 142. The van der Waals surface area contributed by atoms with Gasteiger partial charge in [0, 0.05) is 6.04 Å². The summed E-state index contributed by atoms with van der Waals surface area (Å²) in [5.74, 6) is 0. The van der Waals surface area contributed by atoms with E-state index in [0.717, 1.165) is 38.8 Å². The lowest BCUT2D eigenvalue weighted by Crippen LogP contribution is -2.35. The van der Waals surface area contributed by atoms with Crippen LogP contribution in [-0.2, 0) is 0 Å². The lowest BCUT2D eigenvalue weighted by Gasteiger charge is -2.26. The van der Waals surface area contributed by atoms with E-state index in [1.54, 1.807) is 0 Å². The SMILES string of the molecule is CN(C)CCCNC1CCC(O)CC1. The summed E-state index contributed by atoms with van der Waals surface area (Å²) in [5, 5.41) is 12.9. The summed E-state index contributed by atoms with van der Waals surface area (Å²) < 4.78 is 0. The molecule has 0 unspecified atom stereocenters. The van der Waals surface area contributed by atoms with Gasteiger partial charge in [-0.1, -0.05) is 0 Å². The Balaban J connectivity index is 1.96. The molecule has 3 heteroatoms. The minimum atomic E-state index is -0.0326. The summed E-state index contributed by atoms with van der Waals surface area (Å²) in [7, 11) is 4.22. The van der Waals surface area contributed by atoms with Crippen LogP contribution in [0.25, 0.3) is 0 Å². The van der Waals surface area contributed by atoms with Crippen molar-refractivity contribution < 1.29 is 5.11 Å². The zero-order valence-corrected chi connectivity index (χ0v) is 9.50. The molecule has 84 valence electrons. The molecule has 0 aromatic heterocycles. The molecule has 1 aliphatic rings. The normalized spacial score (nSPS) is 28.3. The van der Waals surface area contributed by atoms with E-state index >= 15 is 0 Å². The molecule has 3 nitrogen and oxygen atoms in total. The third-order valence-corrected chi connectivity index (χ3v) is 2.91. The van der Waals surface area contributed by atoms with Crippen molar-refractivity contribution in [2.24, 2.45) is 0 Å². The van der Waals surface area contributed by atoms with Gasteiger partial charge in [-0.25, -0.2) is 0 Å². The van der Waals surface area contributed by atoms with Crippen LogP contribution in [-0.4, -0.2) is 49.3 Å². The Morgan fingerprint density at radius 2 is 1.86 bits per heavy atom. The first-order valence-corrected chi connectivity index (χ1v) is 5.74. The molecule has 0 heterocycles. The maximum Gasteiger partial charge on any atom is 0.0541 e. The molecule has 0 atom stereocenters. The standard InChI is InChI=1S/C11H24N2O/c1-13(2)9-3-8-12-10-4-6-11(14)7-5-10/h10-12,14H,3-9H2,1-2H3. The van der Waals surface area contributed by atoms with Gasteiger partial charge in [-0.2, -0.15) is 0 Å². The van der Waals surface area contributed by atoms with Gasteiger partial charge < -0.3 is 15.3 Å². The lowest BCUT2D eigenvalue weighted by atomic mass is 9.93. The predicted octanol–water partition coefficient (Wildman–Crippen LogP) is 0.831. The topological polar surface area (TPSA) is 35.5 Å². The van der Waals surface area contributed by atoms with E-state index in [9.17, 15) is 5.11 Å². The van der Waals surface area contributed by atoms with Gasteiger partial charge in [0.2, 0.25) is 0 Å². The molecule has 1 rings (SSSR count). The highest BCUT2D eigenvalue weighted by molar-refractivity contribution is 4.76. The van der Waals surface area contributed by atoms with Gasteiger partial charge in [0.15, 0.2) is 0 Å². The Morgan fingerprint density at radius 1 is 1.21 bits per heavy atom. The van der Waals surface area contributed by atoms with Crippen LogP contribution in [0.1, 0.15) is 32.1 Å². The van der Waals surface area contributed by atoms with Crippen LogP contribution < -0.4 is 5.32 Å². The van der Waals surface area contributed by atoms with Crippen LogP contribution in [0.3, 0.4) is 0 Å². The maximum atomic E-state index is 9.34. The number of hydrogen-bond donors (Lipinski definition) is 2. The first kappa shape index (κ1) is 12.0.